The zero-order valence-corrected chi connectivity index (χ0v) is 19.8. The van der Waals surface area contributed by atoms with E-state index in [1.807, 2.05) is 10.9 Å². The van der Waals surface area contributed by atoms with Crippen LogP contribution in [0.4, 0.5) is 27.3 Å². The first-order chi connectivity index (χ1) is 15.6. The van der Waals surface area contributed by atoms with Gasteiger partial charge in [0, 0.05) is 32.4 Å². The van der Waals surface area contributed by atoms with Crippen molar-refractivity contribution in [2.45, 2.75) is 18.9 Å². The maximum absolute atomic E-state index is 14.4. The second-order valence-electron chi connectivity index (χ2n) is 7.60. The molecule has 1 amide bonds. The Labute approximate surface area is 199 Å². The molecule has 168 valence electrons. The van der Waals surface area contributed by atoms with Gasteiger partial charge >= 0.3 is 0 Å². The molecule has 3 N–H and O–H groups in total. The predicted octanol–water partition coefficient (Wildman–Crippen LogP) is 4.29. The normalized spacial score (nSPS) is 14.8. The molecule has 0 bridgehead atoms. The van der Waals surface area contributed by atoms with Crippen LogP contribution < -0.4 is 16.0 Å². The number of rotatable bonds is 7. The Morgan fingerprint density at radius 1 is 1.19 bits per heavy atom. The monoisotopic (exact) mass is 549 g/mol. The number of aromatic nitrogens is 3. The number of halogens is 2. The molecule has 1 aliphatic heterocycles. The highest BCUT2D eigenvalue weighted by molar-refractivity contribution is 14.1. The lowest BCUT2D eigenvalue weighted by Crippen LogP contribution is -2.33. The molecule has 0 spiro atoms. The molecule has 1 aliphatic rings. The summed E-state index contributed by atoms with van der Waals surface area (Å²) in [5.41, 5.74) is 1.94. The van der Waals surface area contributed by atoms with Crippen LogP contribution in [-0.2, 0) is 0 Å². The third-order valence-electron chi connectivity index (χ3n) is 5.50. The van der Waals surface area contributed by atoms with Crippen molar-refractivity contribution in [3.8, 4) is 0 Å². The van der Waals surface area contributed by atoms with Crippen LogP contribution in [0.3, 0.4) is 0 Å². The molecule has 0 aliphatic carbocycles. The quantitative estimate of drug-likeness (QED) is 0.232. The summed E-state index contributed by atoms with van der Waals surface area (Å²) in [6.07, 6.45) is 7.00. The lowest BCUT2D eigenvalue weighted by atomic mass is 10.1. The number of carbonyl (C=O) groups is 1. The number of nitrogens with zero attached hydrogens (tertiary/aromatic N) is 4. The van der Waals surface area contributed by atoms with E-state index in [4.69, 9.17) is 0 Å². The molecule has 4 rings (SSSR count). The molecule has 3 heterocycles. The minimum absolute atomic E-state index is 0.220. The van der Waals surface area contributed by atoms with Crippen LogP contribution in [0.25, 0.3) is 0 Å². The molecular weight excluding hydrogens is 524 g/mol. The number of anilines is 4. The van der Waals surface area contributed by atoms with Crippen molar-refractivity contribution in [1.29, 1.82) is 0 Å². The average Bonchev–Trinajstić information content (AvgIpc) is 3.29. The second-order valence-corrected chi connectivity index (χ2v) is 8.28. The summed E-state index contributed by atoms with van der Waals surface area (Å²) >= 11 is 2.40. The van der Waals surface area contributed by atoms with E-state index in [0.29, 0.717) is 23.1 Å². The Balaban J connectivity index is 1.47. The molecule has 0 atom stereocenters. The maximum atomic E-state index is 14.4. The molecule has 8 nitrogen and oxygen atoms in total. The van der Waals surface area contributed by atoms with Gasteiger partial charge in [-0.2, -0.15) is 5.10 Å². The van der Waals surface area contributed by atoms with Crippen LogP contribution in [0.1, 0.15) is 29.2 Å². The molecule has 2 aromatic heterocycles. The lowest BCUT2D eigenvalue weighted by Gasteiger charge is -2.30. The fourth-order valence-corrected chi connectivity index (χ4v) is 4.41. The first kappa shape index (κ1) is 22.5. The lowest BCUT2D eigenvalue weighted by molar-refractivity contribution is 0.0964. The molecule has 0 saturated carbocycles. The van der Waals surface area contributed by atoms with Gasteiger partial charge in [0.2, 0.25) is 0 Å². The van der Waals surface area contributed by atoms with Gasteiger partial charge in [0.1, 0.15) is 5.82 Å². The van der Waals surface area contributed by atoms with Crippen molar-refractivity contribution in [2.24, 2.45) is 0 Å². The van der Waals surface area contributed by atoms with Gasteiger partial charge in [-0.05, 0) is 25.0 Å². The van der Waals surface area contributed by atoms with E-state index >= 15 is 0 Å². The van der Waals surface area contributed by atoms with Crippen LogP contribution in [0, 0.1) is 5.82 Å². The molecule has 32 heavy (non-hydrogen) atoms. The number of para-hydroxylation sites is 1. The first-order valence-corrected chi connectivity index (χ1v) is 11.9. The number of nitrogens with one attached hydrogen (secondary N) is 3. The van der Waals surface area contributed by atoms with Gasteiger partial charge in [0.05, 0.1) is 45.6 Å². The van der Waals surface area contributed by atoms with Gasteiger partial charge < -0.3 is 16.0 Å². The highest BCUT2D eigenvalue weighted by Gasteiger charge is 2.20. The molecule has 0 unspecified atom stereocenters. The topological polar surface area (TPSA) is 87.1 Å². The number of piperidine rings is 1. The van der Waals surface area contributed by atoms with Crippen LogP contribution >= 0.6 is 22.6 Å². The van der Waals surface area contributed by atoms with Gasteiger partial charge in [-0.1, -0.05) is 34.7 Å². The van der Waals surface area contributed by atoms with Crippen molar-refractivity contribution in [2.75, 3.05) is 35.3 Å². The third-order valence-corrected chi connectivity index (χ3v) is 6.46. The summed E-state index contributed by atoms with van der Waals surface area (Å²) in [7, 11) is 1.56. The van der Waals surface area contributed by atoms with Gasteiger partial charge in [-0.25, -0.2) is 9.37 Å². The summed E-state index contributed by atoms with van der Waals surface area (Å²) in [5.74, 6) is -0.289. The zero-order valence-electron chi connectivity index (χ0n) is 17.7. The average molecular weight is 549 g/mol. The van der Waals surface area contributed by atoms with E-state index in [1.165, 1.54) is 0 Å². The minimum Gasteiger partial charge on any atom is -0.355 e. The molecule has 0 radical (unpaired) electrons. The molecule has 1 saturated heterocycles. The third kappa shape index (κ3) is 5.18. The van der Waals surface area contributed by atoms with E-state index in [-0.39, 0.29) is 11.6 Å². The van der Waals surface area contributed by atoms with E-state index in [1.54, 1.807) is 43.6 Å². The summed E-state index contributed by atoms with van der Waals surface area (Å²) in [5, 5.41) is 13.3. The fraction of sp³-hybridized carbons (Fsp3) is 0.318. The summed E-state index contributed by atoms with van der Waals surface area (Å²) in [6, 6.07) is 8.90. The highest BCUT2D eigenvalue weighted by atomic mass is 127. The number of benzene rings is 1. The number of hydrogen-bond donors (Lipinski definition) is 3. The number of likely N-dealkylation sites (tertiary alicyclic amines) is 1. The van der Waals surface area contributed by atoms with E-state index in [0.717, 1.165) is 42.4 Å². The van der Waals surface area contributed by atoms with Crippen LogP contribution in [0.5, 0.6) is 0 Å². The number of pyridine rings is 1. The number of amides is 1. The Morgan fingerprint density at radius 3 is 2.72 bits per heavy atom. The van der Waals surface area contributed by atoms with E-state index in [9.17, 15) is 9.18 Å². The van der Waals surface area contributed by atoms with Crippen molar-refractivity contribution in [3.05, 3.63) is 60.3 Å². The Kier molecular flexibility index (Phi) is 7.20. The largest absolute Gasteiger partial charge is 0.355 e. The summed E-state index contributed by atoms with van der Waals surface area (Å²) < 4.78 is 17.5. The number of hydrogen-bond acceptors (Lipinski definition) is 6. The number of carbonyl (C=O) groups excluding carboxylic acids is 1. The minimum atomic E-state index is -0.514. The van der Waals surface area contributed by atoms with Crippen molar-refractivity contribution in [1.82, 2.24) is 25.0 Å². The predicted molar refractivity (Wildman–Crippen MR) is 132 cm³/mol. The Bertz CT molecular complexity index is 1080. The standard InChI is InChI=1S/C22H25FIN7O/c1-25-22(32)17-4-2-3-5-19(17)29-20-10-21(26-12-18(20)23)28-15-11-27-31(13-15)16-6-8-30(14-24)9-7-16/h2-5,10-13,16H,6-9,14H2,1H3,(H,25,32)(H2,26,28,29). The Hall–Kier alpha value is -2.73. The van der Waals surface area contributed by atoms with Crippen molar-refractivity contribution < 1.29 is 9.18 Å². The second kappa shape index (κ2) is 10.3. The molecule has 3 aromatic rings. The zero-order chi connectivity index (χ0) is 22.5. The number of alkyl halides is 1. The SMILES string of the molecule is CNC(=O)c1ccccc1Nc1cc(Nc2cnn(C3CCN(CI)CC3)c2)ncc1F. The van der Waals surface area contributed by atoms with Crippen LogP contribution in [0.15, 0.2) is 48.9 Å². The van der Waals surface area contributed by atoms with Crippen LogP contribution in [-0.4, -0.2) is 50.3 Å². The summed E-state index contributed by atoms with van der Waals surface area (Å²) in [4.78, 5) is 18.7. The summed E-state index contributed by atoms with van der Waals surface area (Å²) in [6.45, 7) is 2.14. The molecule has 1 fully saturated rings. The fourth-order valence-electron chi connectivity index (χ4n) is 3.73. The maximum Gasteiger partial charge on any atom is 0.253 e. The van der Waals surface area contributed by atoms with E-state index < -0.39 is 5.82 Å². The van der Waals surface area contributed by atoms with E-state index in [2.05, 4.69) is 53.5 Å². The smallest absolute Gasteiger partial charge is 0.253 e. The van der Waals surface area contributed by atoms with Gasteiger partial charge in [-0.15, -0.1) is 0 Å². The van der Waals surface area contributed by atoms with Crippen LogP contribution in [0.2, 0.25) is 0 Å². The van der Waals surface area contributed by atoms with Crippen molar-refractivity contribution >= 4 is 51.4 Å². The molecular formula is C22H25FIN7O. The highest BCUT2D eigenvalue weighted by Crippen LogP contribution is 2.27. The van der Waals surface area contributed by atoms with Crippen molar-refractivity contribution in [3.63, 3.8) is 0 Å². The van der Waals surface area contributed by atoms with Gasteiger partial charge in [0.15, 0.2) is 5.82 Å². The molecule has 10 heteroatoms. The van der Waals surface area contributed by atoms with Gasteiger partial charge in [-0.3, -0.25) is 14.4 Å². The first-order valence-electron chi connectivity index (χ1n) is 10.4. The van der Waals surface area contributed by atoms with Gasteiger partial charge in [0.25, 0.3) is 5.91 Å². The molecule has 1 aromatic carbocycles. The Morgan fingerprint density at radius 2 is 1.97 bits per heavy atom.